The van der Waals surface area contributed by atoms with Gasteiger partial charge in [0.25, 0.3) is 0 Å². The molecule has 6 nitrogen and oxygen atoms in total. The first-order valence-electron chi connectivity index (χ1n) is 6.42. The summed E-state index contributed by atoms with van der Waals surface area (Å²) in [6.45, 7) is 2.77. The van der Waals surface area contributed by atoms with Crippen LogP contribution in [0.15, 0.2) is 11.5 Å². The van der Waals surface area contributed by atoms with Crippen molar-refractivity contribution in [2.45, 2.75) is 49.8 Å². The highest BCUT2D eigenvalue weighted by atomic mass is 32.2. The predicted molar refractivity (Wildman–Crippen MR) is 71.4 cm³/mol. The maximum atomic E-state index is 11.9. The van der Waals surface area contributed by atoms with Gasteiger partial charge in [0.2, 0.25) is 5.91 Å². The molecule has 7 heteroatoms. The molecule has 19 heavy (non-hydrogen) atoms. The van der Waals surface area contributed by atoms with Crippen molar-refractivity contribution in [1.82, 2.24) is 20.1 Å². The van der Waals surface area contributed by atoms with Gasteiger partial charge in [0.05, 0.1) is 11.8 Å². The second-order valence-corrected chi connectivity index (χ2v) is 5.58. The maximum Gasteiger partial charge on any atom is 0.231 e. The maximum absolute atomic E-state index is 11.9. The van der Waals surface area contributed by atoms with Crippen molar-refractivity contribution < 1.29 is 4.79 Å². The number of aryl methyl sites for hydroxylation is 1. The summed E-state index contributed by atoms with van der Waals surface area (Å²) < 4.78 is 1.88. The van der Waals surface area contributed by atoms with E-state index in [2.05, 4.69) is 21.6 Å². The minimum absolute atomic E-state index is 0.112. The minimum atomic E-state index is -0.643. The number of nitrogens with one attached hydrogen (secondary N) is 1. The summed E-state index contributed by atoms with van der Waals surface area (Å²) in [5.41, 5.74) is -0.643. The Balaban J connectivity index is 1.87. The summed E-state index contributed by atoms with van der Waals surface area (Å²) in [4.78, 5) is 11.9. The minimum Gasteiger partial charge on any atom is -0.337 e. The van der Waals surface area contributed by atoms with Gasteiger partial charge in [-0.2, -0.15) is 5.26 Å². The largest absolute Gasteiger partial charge is 0.337 e. The molecule has 0 aromatic carbocycles. The lowest BCUT2D eigenvalue weighted by Crippen LogP contribution is -2.45. The molecule has 1 aliphatic carbocycles. The van der Waals surface area contributed by atoms with Crippen LogP contribution >= 0.6 is 11.8 Å². The Bertz CT molecular complexity index is 487. The molecule has 102 valence electrons. The molecular weight excluding hydrogens is 262 g/mol. The summed E-state index contributed by atoms with van der Waals surface area (Å²) in [6.07, 6.45) is 5.17. The fourth-order valence-corrected chi connectivity index (χ4v) is 3.03. The fourth-order valence-electron chi connectivity index (χ4n) is 2.25. The molecule has 0 saturated heterocycles. The van der Waals surface area contributed by atoms with Crippen LogP contribution < -0.4 is 5.32 Å². The SMILES string of the molecule is CCn1cnnc1SCC(=O)NC1(C#N)CCCC1. The molecule has 1 N–H and O–H groups in total. The van der Waals surface area contributed by atoms with Crippen LogP contribution in [0.5, 0.6) is 0 Å². The topological polar surface area (TPSA) is 83.6 Å². The zero-order valence-corrected chi connectivity index (χ0v) is 11.7. The van der Waals surface area contributed by atoms with Crippen LogP contribution in [0.4, 0.5) is 0 Å². The number of thioether (sulfide) groups is 1. The van der Waals surface area contributed by atoms with E-state index in [9.17, 15) is 10.1 Å². The van der Waals surface area contributed by atoms with Crippen LogP contribution in [-0.2, 0) is 11.3 Å². The number of carbonyl (C=O) groups excluding carboxylic acids is 1. The number of hydrogen-bond acceptors (Lipinski definition) is 5. The summed E-state index contributed by atoms with van der Waals surface area (Å²) in [5, 5.41) is 20.6. The fraction of sp³-hybridized carbons (Fsp3) is 0.667. The van der Waals surface area contributed by atoms with E-state index in [1.165, 1.54) is 11.8 Å². The molecule has 1 aromatic rings. The number of nitriles is 1. The second-order valence-electron chi connectivity index (χ2n) is 4.64. The van der Waals surface area contributed by atoms with Gasteiger partial charge in [-0.1, -0.05) is 11.8 Å². The molecule has 1 aromatic heterocycles. The van der Waals surface area contributed by atoms with E-state index in [1.54, 1.807) is 6.33 Å². The van der Waals surface area contributed by atoms with Crippen molar-refractivity contribution in [1.29, 1.82) is 5.26 Å². The Hall–Kier alpha value is -1.55. The van der Waals surface area contributed by atoms with Gasteiger partial charge in [0.15, 0.2) is 5.16 Å². The summed E-state index contributed by atoms with van der Waals surface area (Å²) in [7, 11) is 0. The average Bonchev–Trinajstić information content (AvgIpc) is 3.05. The van der Waals surface area contributed by atoms with Gasteiger partial charge in [0, 0.05) is 6.54 Å². The Morgan fingerprint density at radius 2 is 2.37 bits per heavy atom. The van der Waals surface area contributed by atoms with Crippen molar-refractivity contribution in [2.75, 3.05) is 5.75 Å². The van der Waals surface area contributed by atoms with E-state index < -0.39 is 5.54 Å². The molecule has 0 aliphatic heterocycles. The van der Waals surface area contributed by atoms with Crippen LogP contribution in [0.25, 0.3) is 0 Å². The molecule has 1 aliphatic rings. The van der Waals surface area contributed by atoms with Crippen LogP contribution in [-0.4, -0.2) is 32.0 Å². The first-order chi connectivity index (χ1) is 9.19. The number of amides is 1. The molecule has 1 fully saturated rings. The van der Waals surface area contributed by atoms with E-state index >= 15 is 0 Å². The number of carbonyl (C=O) groups is 1. The van der Waals surface area contributed by atoms with Gasteiger partial charge in [-0.25, -0.2) is 0 Å². The van der Waals surface area contributed by atoms with E-state index in [1.807, 2.05) is 11.5 Å². The Kier molecular flexibility index (Phi) is 4.43. The number of nitrogens with zero attached hydrogens (tertiary/aromatic N) is 4. The molecule has 2 rings (SSSR count). The Morgan fingerprint density at radius 3 is 3.00 bits per heavy atom. The van der Waals surface area contributed by atoms with E-state index in [4.69, 9.17) is 0 Å². The average molecular weight is 279 g/mol. The molecule has 1 heterocycles. The van der Waals surface area contributed by atoms with Crippen molar-refractivity contribution in [3.05, 3.63) is 6.33 Å². The van der Waals surface area contributed by atoms with Crippen molar-refractivity contribution >= 4 is 17.7 Å². The van der Waals surface area contributed by atoms with E-state index in [-0.39, 0.29) is 11.7 Å². The molecule has 1 saturated carbocycles. The van der Waals surface area contributed by atoms with Crippen molar-refractivity contribution in [2.24, 2.45) is 0 Å². The van der Waals surface area contributed by atoms with Crippen LogP contribution in [0.1, 0.15) is 32.6 Å². The normalized spacial score (nSPS) is 17.1. The zero-order valence-electron chi connectivity index (χ0n) is 10.9. The van der Waals surface area contributed by atoms with Gasteiger partial charge >= 0.3 is 0 Å². The van der Waals surface area contributed by atoms with E-state index in [0.29, 0.717) is 0 Å². The van der Waals surface area contributed by atoms with Crippen molar-refractivity contribution in [3.8, 4) is 6.07 Å². The molecule has 0 radical (unpaired) electrons. The third-order valence-corrected chi connectivity index (χ3v) is 4.28. The monoisotopic (exact) mass is 279 g/mol. The van der Waals surface area contributed by atoms with Gasteiger partial charge in [-0.15, -0.1) is 10.2 Å². The molecule has 0 bridgehead atoms. The predicted octanol–water partition coefficient (Wildman–Crippen LogP) is 1.34. The lowest BCUT2D eigenvalue weighted by atomic mass is 10.0. The van der Waals surface area contributed by atoms with Gasteiger partial charge in [-0.3, -0.25) is 4.79 Å². The van der Waals surface area contributed by atoms with E-state index in [0.717, 1.165) is 37.4 Å². The zero-order chi connectivity index (χ0) is 13.7. The summed E-state index contributed by atoms with van der Waals surface area (Å²) in [5.74, 6) is 0.154. The number of aromatic nitrogens is 3. The first kappa shape index (κ1) is 13.9. The Morgan fingerprint density at radius 1 is 1.63 bits per heavy atom. The lowest BCUT2D eigenvalue weighted by Gasteiger charge is -2.21. The molecule has 0 unspecified atom stereocenters. The highest BCUT2D eigenvalue weighted by Crippen LogP contribution is 2.29. The molecule has 1 amide bonds. The van der Waals surface area contributed by atoms with Crippen LogP contribution in [0.2, 0.25) is 0 Å². The third-order valence-electron chi connectivity index (χ3n) is 3.30. The standard InChI is InChI=1S/C12H17N5OS/c1-2-17-9-14-16-11(17)19-7-10(18)15-12(8-13)5-3-4-6-12/h9H,2-7H2,1H3,(H,15,18). The van der Waals surface area contributed by atoms with Crippen LogP contribution in [0, 0.1) is 11.3 Å². The second kappa shape index (κ2) is 6.06. The van der Waals surface area contributed by atoms with Gasteiger partial charge in [-0.05, 0) is 32.6 Å². The molecular formula is C12H17N5OS. The summed E-state index contributed by atoms with van der Waals surface area (Å²) in [6, 6.07) is 2.25. The molecule has 0 atom stereocenters. The van der Waals surface area contributed by atoms with Crippen molar-refractivity contribution in [3.63, 3.8) is 0 Å². The highest BCUT2D eigenvalue weighted by molar-refractivity contribution is 7.99. The molecule has 0 spiro atoms. The smallest absolute Gasteiger partial charge is 0.231 e. The quantitative estimate of drug-likeness (QED) is 0.822. The lowest BCUT2D eigenvalue weighted by molar-refractivity contribution is -0.119. The third kappa shape index (κ3) is 3.26. The Labute approximate surface area is 116 Å². The van der Waals surface area contributed by atoms with Crippen LogP contribution in [0.3, 0.4) is 0 Å². The van der Waals surface area contributed by atoms with Gasteiger partial charge in [0.1, 0.15) is 11.9 Å². The summed E-state index contributed by atoms with van der Waals surface area (Å²) >= 11 is 1.35. The first-order valence-corrected chi connectivity index (χ1v) is 7.40. The highest BCUT2D eigenvalue weighted by Gasteiger charge is 2.35. The number of hydrogen-bond donors (Lipinski definition) is 1. The van der Waals surface area contributed by atoms with Gasteiger partial charge < -0.3 is 9.88 Å². The number of rotatable bonds is 5.